The highest BCUT2D eigenvalue weighted by Gasteiger charge is 2.43. The first-order chi connectivity index (χ1) is 50.3. The first-order valence-electron chi connectivity index (χ1n) is 34.7. The molecule has 2 amide bonds. The van der Waals surface area contributed by atoms with Gasteiger partial charge in [-0.15, -0.1) is 0 Å². The summed E-state index contributed by atoms with van der Waals surface area (Å²) >= 11 is 0. The molecule has 2 fully saturated rings. The van der Waals surface area contributed by atoms with Gasteiger partial charge in [0.1, 0.15) is 22.9 Å². The van der Waals surface area contributed by atoms with Crippen LogP contribution in [-0.2, 0) is 45.2 Å². The van der Waals surface area contributed by atoms with E-state index in [1.165, 1.54) is 12.1 Å². The molecule has 4 aromatic heterocycles. The summed E-state index contributed by atoms with van der Waals surface area (Å²) in [6.07, 6.45) is 8.15. The molecule has 0 unspecified atom stereocenters. The van der Waals surface area contributed by atoms with Gasteiger partial charge in [-0.25, -0.2) is 46.4 Å². The fraction of sp³-hybridized carbons (Fsp3) is 0.205. The van der Waals surface area contributed by atoms with Gasteiger partial charge in [-0.1, -0.05) is 140 Å². The topological polar surface area (TPSA) is 256 Å². The Balaban J connectivity index is 0.000000158. The molecule has 6 N–H and O–H groups in total. The number of alkyl carbamates (subject to hydrolysis) is 2. The van der Waals surface area contributed by atoms with Gasteiger partial charge in [-0.2, -0.15) is 0 Å². The summed E-state index contributed by atoms with van der Waals surface area (Å²) in [6.45, 7) is 11.2. The molecule has 0 atom stereocenters. The molecule has 16 rings (SSSR count). The van der Waals surface area contributed by atoms with Crippen molar-refractivity contribution in [3.05, 3.63) is 260 Å². The Morgan fingerprint density at radius 1 is 0.495 bits per heavy atom. The quantitative estimate of drug-likeness (QED) is 0.0563. The maximum atomic E-state index is 13.4. The molecule has 12 aromatic rings. The zero-order valence-electron chi connectivity index (χ0n) is 58.8. The van der Waals surface area contributed by atoms with E-state index in [4.69, 9.17) is 45.8 Å². The van der Waals surface area contributed by atoms with Gasteiger partial charge in [-0.05, 0) is 188 Å². The Morgan fingerprint density at radius 3 is 1.32 bits per heavy atom. The summed E-state index contributed by atoms with van der Waals surface area (Å²) in [5, 5.41) is 13.4. The van der Waals surface area contributed by atoms with Crippen LogP contribution in [0.4, 0.5) is 38.3 Å². The van der Waals surface area contributed by atoms with E-state index in [-0.39, 0.29) is 15.5 Å². The monoisotopic (exact) mass is 1460 g/mol. The minimum absolute atomic E-state index is 0.136. The highest BCUT2D eigenvalue weighted by Crippen LogP contribution is 2.49. The van der Waals surface area contributed by atoms with Crippen molar-refractivity contribution in [3.8, 4) is 79.2 Å². The van der Waals surface area contributed by atoms with Crippen molar-refractivity contribution in [1.82, 2.24) is 39.7 Å². The van der Waals surface area contributed by atoms with Crippen LogP contribution in [0.5, 0.6) is 0 Å². The van der Waals surface area contributed by atoms with Crippen molar-refractivity contribution >= 4 is 70.5 Å². The minimum Gasteiger partial charge on any atom is -0.444 e. The Hall–Kier alpha value is -11.4. The number of benzene rings is 8. The number of carbonyl (C=O) groups is 2. The van der Waals surface area contributed by atoms with Crippen LogP contribution in [0.25, 0.3) is 79.2 Å². The highest BCUT2D eigenvalue weighted by molar-refractivity contribution is 8.13. The summed E-state index contributed by atoms with van der Waals surface area (Å²) in [6, 6.07) is 72.7. The lowest BCUT2D eigenvalue weighted by Crippen LogP contribution is -2.52. The van der Waals surface area contributed by atoms with E-state index >= 15 is 0 Å². The summed E-state index contributed by atoms with van der Waals surface area (Å²) < 4.78 is 63.6. The second-order valence-electron chi connectivity index (χ2n) is 28.4. The number of aromatic nitrogens is 6. The summed E-state index contributed by atoms with van der Waals surface area (Å²) in [7, 11) is -2.08. The van der Waals surface area contributed by atoms with Gasteiger partial charge in [0.05, 0.1) is 72.1 Å². The maximum absolute atomic E-state index is 13.4. The van der Waals surface area contributed by atoms with Gasteiger partial charge in [0.25, 0.3) is 9.05 Å². The third-order valence-electron chi connectivity index (χ3n) is 18.8. The van der Waals surface area contributed by atoms with E-state index in [2.05, 4.69) is 91.1 Å². The lowest BCUT2D eigenvalue weighted by atomic mass is 9.71. The molecule has 0 saturated heterocycles. The van der Waals surface area contributed by atoms with Crippen molar-refractivity contribution in [2.24, 2.45) is 0 Å². The third-order valence-corrected chi connectivity index (χ3v) is 21.9. The number of amides is 2. The van der Waals surface area contributed by atoms with Crippen LogP contribution in [0.2, 0.25) is 0 Å². The van der Waals surface area contributed by atoms with E-state index in [1.807, 2.05) is 151 Å². The largest absolute Gasteiger partial charge is 0.444 e. The molecular weight excluding hydrogens is 1380 g/mol. The number of carbonyl (C=O) groups excluding carboxylic acids is 2. The van der Waals surface area contributed by atoms with E-state index < -0.39 is 53.4 Å². The molecule has 2 aliphatic heterocycles. The molecular formula is C83H78ClN11O8S2. The number of pyridine rings is 2. The highest BCUT2D eigenvalue weighted by atomic mass is 35.7. The molecule has 532 valence electrons. The number of hydrogen-bond acceptors (Lipinski definition) is 15. The van der Waals surface area contributed by atoms with Crippen LogP contribution in [0.15, 0.2) is 253 Å². The first-order valence-corrected chi connectivity index (χ1v) is 38.6. The molecule has 0 radical (unpaired) electrons. The first kappa shape index (κ1) is 70.6. The summed E-state index contributed by atoms with van der Waals surface area (Å²) in [5.74, 6) is 2.84. The van der Waals surface area contributed by atoms with E-state index in [1.54, 1.807) is 60.9 Å². The minimum atomic E-state index is -3.58. The number of nitrogen functional groups attached to an aromatic ring is 1. The van der Waals surface area contributed by atoms with Gasteiger partial charge in [-0.3, -0.25) is 9.13 Å². The fourth-order valence-electron chi connectivity index (χ4n) is 13.7. The Bertz CT molecular complexity index is 5500. The van der Waals surface area contributed by atoms with Crippen LogP contribution in [0.1, 0.15) is 96.8 Å². The standard InChI is InChI=1S/C42H39N5O4S.C35H34N6O2.C6H5ClO2S/c1-41(2,3)51-40(48)46-42(23-11-24-42)31-21-19-29(20-22-31)37-36(30-13-9-12-28(26-30)27-52(49,50)32-14-5-4-6-15-32)45-39-33-16-7-8-17-34(33)44-38-35(47(37)39)18-10-25-43-38;1-34(2,3)43-33(42)40-35(18-8-19-35)24-16-14-22(15-17-24)30-29(23-9-6-10-25(36)21-23)39-32-26-11-4-5-12-27(26)38-31-28(41(30)32)13-7-20-37-31;7-10(8,9)6-4-2-1-3-5-6/h4-10,12-22,25-26H,11,23-24,27H2,1-3H3,(H,43,44)(H,46,48);4-7,9-17,20-21H,8,18-19,36H2,1-3H3,(H,37,38)(H,40,42);1-5H. The third kappa shape index (κ3) is 14.9. The lowest BCUT2D eigenvalue weighted by Gasteiger charge is -2.43. The normalized spacial score (nSPS) is 14.2. The van der Waals surface area contributed by atoms with Gasteiger partial charge >= 0.3 is 12.2 Å². The van der Waals surface area contributed by atoms with Gasteiger partial charge in [0.15, 0.2) is 21.5 Å². The molecule has 6 heterocycles. The number of sulfone groups is 1. The van der Waals surface area contributed by atoms with Crippen molar-refractivity contribution in [3.63, 3.8) is 0 Å². The number of hydrogen-bond donors (Lipinski definition) is 5. The Labute approximate surface area is 615 Å². The molecule has 19 nitrogen and oxygen atoms in total. The second kappa shape index (κ2) is 28.3. The van der Waals surface area contributed by atoms with E-state index in [9.17, 15) is 26.4 Å². The number of nitrogens with zero attached hydrogens (tertiary/aromatic N) is 6. The lowest BCUT2D eigenvalue weighted by molar-refractivity contribution is 0.0365. The zero-order chi connectivity index (χ0) is 73.5. The Kier molecular flexibility index (Phi) is 19.1. The Morgan fingerprint density at radius 2 is 0.914 bits per heavy atom. The summed E-state index contributed by atoms with van der Waals surface area (Å²) in [4.78, 5) is 46.1. The molecule has 2 aliphatic carbocycles. The number of nitrogens with one attached hydrogen (secondary N) is 4. The number of para-hydroxylation sites is 2. The molecule has 2 saturated carbocycles. The van der Waals surface area contributed by atoms with E-state index in [0.29, 0.717) is 22.8 Å². The number of nitrogens with two attached hydrogens (primary N) is 1. The van der Waals surface area contributed by atoms with E-state index in [0.717, 1.165) is 140 Å². The maximum Gasteiger partial charge on any atom is 0.408 e. The van der Waals surface area contributed by atoms with Gasteiger partial charge in [0.2, 0.25) is 0 Å². The molecule has 0 spiro atoms. The SMILES string of the molecule is CC(C)(C)OC(=O)NC1(c2ccc(-c3c(-c4cccc(CS(=O)(=O)c5ccccc5)c4)nc4n3-c3cccnc3Nc3ccccc3-4)cc2)CCC1.CC(C)(C)OC(=O)NC1(c2ccc(-c3c(-c4cccc(N)c4)nc4n3-c3cccnc3Nc3ccccc3-4)cc2)CCC1.O=S(=O)(Cl)c1ccccc1. The van der Waals surface area contributed by atoms with Gasteiger partial charge in [0, 0.05) is 62.1 Å². The van der Waals surface area contributed by atoms with Crippen LogP contribution in [0, 0.1) is 0 Å². The molecule has 22 heteroatoms. The van der Waals surface area contributed by atoms with Crippen molar-refractivity contribution in [2.75, 3.05) is 16.4 Å². The van der Waals surface area contributed by atoms with Crippen LogP contribution < -0.4 is 27.0 Å². The number of imidazole rings is 2. The van der Waals surface area contributed by atoms with Crippen LogP contribution in [0.3, 0.4) is 0 Å². The molecule has 105 heavy (non-hydrogen) atoms. The van der Waals surface area contributed by atoms with Crippen LogP contribution in [-0.4, -0.2) is 69.3 Å². The number of ether oxygens (including phenoxy) is 2. The van der Waals surface area contributed by atoms with Crippen molar-refractivity contribution in [1.29, 1.82) is 0 Å². The number of halogens is 1. The van der Waals surface area contributed by atoms with Crippen molar-refractivity contribution < 1.29 is 35.9 Å². The predicted molar refractivity (Wildman–Crippen MR) is 413 cm³/mol. The van der Waals surface area contributed by atoms with Crippen LogP contribution >= 0.6 is 10.7 Å². The molecule has 0 bridgehead atoms. The molecule has 4 aliphatic rings. The average Bonchev–Trinajstić information content (AvgIpc) is 1.60. The smallest absolute Gasteiger partial charge is 0.408 e. The predicted octanol–water partition coefficient (Wildman–Crippen LogP) is 18.6. The number of rotatable bonds is 12. The zero-order valence-corrected chi connectivity index (χ0v) is 61.2. The van der Waals surface area contributed by atoms with Gasteiger partial charge < -0.3 is 36.5 Å². The van der Waals surface area contributed by atoms with Crippen molar-refractivity contribution in [2.45, 2.75) is 118 Å². The number of fused-ring (bicyclic) bond motifs is 10. The number of anilines is 5. The fourth-order valence-corrected chi connectivity index (χ4v) is 15.9. The summed E-state index contributed by atoms with van der Waals surface area (Å²) in [5.41, 5.74) is 19.9. The molecule has 8 aromatic carbocycles. The average molecular weight is 1460 g/mol. The second-order valence-corrected chi connectivity index (χ2v) is 33.0.